The van der Waals surface area contributed by atoms with Crippen LogP contribution in [0.1, 0.15) is 40.5 Å². The molecule has 0 saturated heterocycles. The van der Waals surface area contributed by atoms with E-state index in [2.05, 4.69) is 9.78 Å². The number of rotatable bonds is 9. The van der Waals surface area contributed by atoms with Crippen molar-refractivity contribution in [2.45, 2.75) is 52.1 Å². The Kier molecular flexibility index (Phi) is 6.54. The van der Waals surface area contributed by atoms with Crippen LogP contribution in [0.5, 0.6) is 0 Å². The predicted molar refractivity (Wildman–Crippen MR) is 57.0 cm³/mol. The van der Waals surface area contributed by atoms with Crippen molar-refractivity contribution in [3.05, 3.63) is 0 Å². The van der Waals surface area contributed by atoms with Gasteiger partial charge in [0.15, 0.2) is 0 Å². The summed E-state index contributed by atoms with van der Waals surface area (Å²) in [7, 11) is 0. The first-order valence-corrected chi connectivity index (χ1v) is 5.17. The van der Waals surface area contributed by atoms with Crippen LogP contribution >= 0.6 is 0 Å². The monoisotopic (exact) mass is 266 g/mol. The summed E-state index contributed by atoms with van der Waals surface area (Å²) in [5, 5.41) is 17.3. The molecule has 2 atom stereocenters. The first kappa shape index (κ1) is 17.1. The third-order valence-electron chi connectivity index (χ3n) is 1.92. The molecule has 0 bridgehead atoms. The number of ketones is 2. The first-order chi connectivity index (χ1) is 8.16. The Balaban J connectivity index is 4.57. The fourth-order valence-corrected chi connectivity index (χ4v) is 1.23. The number of hydrogen-bond acceptors (Lipinski definition) is 8. The Labute approximate surface area is 104 Å². The summed E-state index contributed by atoms with van der Waals surface area (Å²) in [4.78, 5) is 39.3. The molecule has 106 valence electrons. The molecule has 0 aliphatic carbocycles. The van der Waals surface area contributed by atoms with E-state index in [1.54, 1.807) is 0 Å². The molecule has 18 heavy (non-hydrogen) atoms. The molecule has 0 aliphatic heterocycles. The zero-order valence-electron chi connectivity index (χ0n) is 10.8. The first-order valence-electron chi connectivity index (χ1n) is 5.17. The van der Waals surface area contributed by atoms with Gasteiger partial charge in [0.2, 0.25) is 11.6 Å². The molecule has 0 saturated carbocycles. The third kappa shape index (κ3) is 6.15. The smallest absolute Gasteiger partial charge is 0.237 e. The van der Waals surface area contributed by atoms with Gasteiger partial charge in [0, 0.05) is 0 Å². The Morgan fingerprint density at radius 3 is 1.33 bits per heavy atom. The predicted octanol–water partition coefficient (Wildman–Crippen LogP) is 1.30. The van der Waals surface area contributed by atoms with Crippen molar-refractivity contribution in [1.82, 2.24) is 0 Å². The van der Waals surface area contributed by atoms with Crippen LogP contribution in [0.2, 0.25) is 0 Å². The second-order valence-electron chi connectivity index (χ2n) is 4.37. The minimum absolute atomic E-state index is 0.301. The van der Waals surface area contributed by atoms with E-state index < -0.39 is 11.6 Å². The summed E-state index contributed by atoms with van der Waals surface area (Å²) in [5.41, 5.74) is 0. The maximum absolute atomic E-state index is 10.9. The standard InChI is InChI=1S/C10H18O8/c1-7(11)5-9(3,15-13)17-18-10(4,16-14)6-8(2)12/h13-14H,5-6H2,1-4H3. The molecule has 0 rings (SSSR count). The summed E-state index contributed by atoms with van der Waals surface area (Å²) in [6.07, 6.45) is -0.601. The topological polar surface area (TPSA) is 112 Å². The molecular weight excluding hydrogens is 248 g/mol. The Morgan fingerprint density at radius 1 is 0.889 bits per heavy atom. The van der Waals surface area contributed by atoms with E-state index in [0.717, 1.165) is 0 Å². The summed E-state index contributed by atoms with van der Waals surface area (Å²) in [6.45, 7) is 5.00. The van der Waals surface area contributed by atoms with Gasteiger partial charge in [-0.05, 0) is 27.7 Å². The van der Waals surface area contributed by atoms with Gasteiger partial charge in [-0.25, -0.2) is 20.3 Å². The quantitative estimate of drug-likeness (QED) is 0.365. The van der Waals surface area contributed by atoms with E-state index in [0.29, 0.717) is 0 Å². The van der Waals surface area contributed by atoms with Crippen LogP contribution in [0.15, 0.2) is 0 Å². The van der Waals surface area contributed by atoms with E-state index in [9.17, 15) is 9.59 Å². The number of carbonyl (C=O) groups excluding carboxylic acids is 2. The van der Waals surface area contributed by atoms with Crippen molar-refractivity contribution < 1.29 is 39.7 Å². The van der Waals surface area contributed by atoms with Crippen LogP contribution in [0.25, 0.3) is 0 Å². The van der Waals surface area contributed by atoms with Crippen molar-refractivity contribution in [3.63, 3.8) is 0 Å². The lowest BCUT2D eigenvalue weighted by Crippen LogP contribution is -2.41. The normalized spacial score (nSPS) is 17.9. The van der Waals surface area contributed by atoms with Crippen LogP contribution in [0, 0.1) is 0 Å². The lowest BCUT2D eigenvalue weighted by atomic mass is 10.1. The molecule has 8 heteroatoms. The number of Topliss-reactive ketones (excluding diaryl/α,β-unsaturated/α-hetero) is 2. The Hall–Kier alpha value is -0.900. The van der Waals surface area contributed by atoms with Crippen molar-refractivity contribution in [1.29, 1.82) is 0 Å². The molecule has 2 N–H and O–H groups in total. The van der Waals surface area contributed by atoms with Crippen LogP contribution in [-0.4, -0.2) is 33.7 Å². The summed E-state index contributed by atoms with van der Waals surface area (Å²) in [6, 6.07) is 0. The van der Waals surface area contributed by atoms with Gasteiger partial charge < -0.3 is 0 Å². The molecule has 2 unspecified atom stereocenters. The second kappa shape index (κ2) is 6.88. The highest BCUT2D eigenvalue weighted by Gasteiger charge is 2.37. The SMILES string of the molecule is CC(=O)CC(C)(OO)OOC(C)(CC(C)=O)OO. The largest absolute Gasteiger partial charge is 0.300 e. The van der Waals surface area contributed by atoms with Gasteiger partial charge in [-0.2, -0.15) is 9.78 Å². The molecule has 0 fully saturated rings. The highest BCUT2D eigenvalue weighted by atomic mass is 17.3. The molecule has 0 aromatic rings. The molecule has 0 aromatic carbocycles. The fourth-order valence-electron chi connectivity index (χ4n) is 1.23. The lowest BCUT2D eigenvalue weighted by Gasteiger charge is -2.29. The van der Waals surface area contributed by atoms with Crippen molar-refractivity contribution in [2.24, 2.45) is 0 Å². The van der Waals surface area contributed by atoms with E-state index in [4.69, 9.17) is 20.3 Å². The van der Waals surface area contributed by atoms with Crippen LogP contribution < -0.4 is 0 Å². The van der Waals surface area contributed by atoms with Gasteiger partial charge in [0.1, 0.15) is 11.6 Å². The van der Waals surface area contributed by atoms with Gasteiger partial charge in [0.05, 0.1) is 12.8 Å². The zero-order valence-corrected chi connectivity index (χ0v) is 10.8. The zero-order chi connectivity index (χ0) is 14.4. The van der Waals surface area contributed by atoms with Crippen LogP contribution in [0.4, 0.5) is 0 Å². The minimum atomic E-state index is -1.76. The molecule has 0 spiro atoms. The van der Waals surface area contributed by atoms with Gasteiger partial charge >= 0.3 is 0 Å². The lowest BCUT2D eigenvalue weighted by molar-refractivity contribution is -0.563. The molecule has 0 aliphatic rings. The Bertz CT molecular complexity index is 274. The van der Waals surface area contributed by atoms with E-state index in [-0.39, 0.29) is 24.4 Å². The van der Waals surface area contributed by atoms with E-state index in [1.165, 1.54) is 27.7 Å². The maximum atomic E-state index is 10.9. The average Bonchev–Trinajstić information content (AvgIpc) is 2.25. The highest BCUT2D eigenvalue weighted by Crippen LogP contribution is 2.24. The van der Waals surface area contributed by atoms with Gasteiger partial charge in [-0.3, -0.25) is 9.59 Å². The molecule has 0 aromatic heterocycles. The van der Waals surface area contributed by atoms with Crippen molar-refractivity contribution >= 4 is 11.6 Å². The third-order valence-corrected chi connectivity index (χ3v) is 1.92. The number of carbonyl (C=O) groups is 2. The highest BCUT2D eigenvalue weighted by molar-refractivity contribution is 5.76. The van der Waals surface area contributed by atoms with Gasteiger partial charge in [-0.15, -0.1) is 0 Å². The Morgan fingerprint density at radius 2 is 1.17 bits per heavy atom. The molecular formula is C10H18O8. The summed E-state index contributed by atoms with van der Waals surface area (Å²) < 4.78 is 0. The van der Waals surface area contributed by atoms with Crippen molar-refractivity contribution in [2.75, 3.05) is 0 Å². The van der Waals surface area contributed by atoms with E-state index >= 15 is 0 Å². The minimum Gasteiger partial charge on any atom is -0.300 e. The van der Waals surface area contributed by atoms with Gasteiger partial charge in [-0.1, -0.05) is 0 Å². The van der Waals surface area contributed by atoms with Crippen LogP contribution in [-0.2, 0) is 29.1 Å². The summed E-state index contributed by atoms with van der Waals surface area (Å²) >= 11 is 0. The number of hydrogen-bond donors (Lipinski definition) is 2. The second-order valence-corrected chi connectivity index (χ2v) is 4.37. The molecule has 0 heterocycles. The van der Waals surface area contributed by atoms with E-state index in [1.807, 2.05) is 0 Å². The molecule has 0 radical (unpaired) electrons. The van der Waals surface area contributed by atoms with Crippen molar-refractivity contribution in [3.8, 4) is 0 Å². The van der Waals surface area contributed by atoms with Crippen LogP contribution in [0.3, 0.4) is 0 Å². The fraction of sp³-hybridized carbons (Fsp3) is 0.800. The summed E-state index contributed by atoms with van der Waals surface area (Å²) in [5.74, 6) is -4.17. The van der Waals surface area contributed by atoms with Gasteiger partial charge in [0.25, 0.3) is 0 Å². The average molecular weight is 266 g/mol. The maximum Gasteiger partial charge on any atom is 0.237 e. The molecule has 0 amide bonds. The molecule has 8 nitrogen and oxygen atoms in total.